The van der Waals surface area contributed by atoms with Crippen molar-refractivity contribution in [2.45, 2.75) is 24.7 Å². The van der Waals surface area contributed by atoms with E-state index in [1.165, 1.54) is 4.90 Å². The molecule has 0 saturated carbocycles. The summed E-state index contributed by atoms with van der Waals surface area (Å²) >= 11 is 0. The lowest BCUT2D eigenvalue weighted by Gasteiger charge is -2.32. The fraction of sp³-hybridized carbons (Fsp3) is 0.467. The first-order chi connectivity index (χ1) is 10.5. The molecule has 0 bridgehead atoms. The van der Waals surface area contributed by atoms with Gasteiger partial charge in [0.05, 0.1) is 12.5 Å². The molecule has 3 rings (SSSR count). The van der Waals surface area contributed by atoms with Gasteiger partial charge in [-0.05, 0) is 30.7 Å². The van der Waals surface area contributed by atoms with E-state index in [0.29, 0.717) is 30.8 Å². The number of hydrogen-bond acceptors (Lipinski definition) is 3. The molecule has 0 spiro atoms. The topological polar surface area (TPSA) is 61.4 Å². The summed E-state index contributed by atoms with van der Waals surface area (Å²) in [6.45, 7) is 0.558. The second kappa shape index (κ2) is 5.64. The summed E-state index contributed by atoms with van der Waals surface area (Å²) in [5.41, 5.74) is 1.18. The monoisotopic (exact) mass is 309 g/mol. The number of carbonyl (C=O) groups excluding carboxylic acids is 2. The van der Waals surface area contributed by atoms with Crippen molar-refractivity contribution in [1.29, 1.82) is 0 Å². The van der Waals surface area contributed by atoms with E-state index < -0.39 is 17.9 Å². The Bertz CT molecular complexity index is 589. The van der Waals surface area contributed by atoms with Gasteiger partial charge in [-0.2, -0.15) is 0 Å². The molecule has 2 N–H and O–H groups in total. The molecule has 1 aromatic rings. The van der Waals surface area contributed by atoms with Crippen LogP contribution in [0, 0.1) is 0 Å². The molecule has 2 aliphatic rings. The maximum absolute atomic E-state index is 13.9. The van der Waals surface area contributed by atoms with Crippen LogP contribution in [0.3, 0.4) is 0 Å². The summed E-state index contributed by atoms with van der Waals surface area (Å²) in [5, 5.41) is 4.94. The van der Waals surface area contributed by atoms with Crippen molar-refractivity contribution in [3.05, 3.63) is 29.8 Å². The minimum Gasteiger partial charge on any atom is -0.311 e. The third-order valence-electron chi connectivity index (χ3n) is 4.14. The van der Waals surface area contributed by atoms with Gasteiger partial charge in [-0.3, -0.25) is 15.0 Å². The normalized spacial score (nSPS) is 25.0. The number of rotatable bonds is 2. The van der Waals surface area contributed by atoms with E-state index in [9.17, 15) is 18.4 Å². The van der Waals surface area contributed by atoms with Crippen LogP contribution in [0.2, 0.25) is 0 Å². The average Bonchev–Trinajstić information content (AvgIpc) is 2.47. The molecule has 3 amide bonds. The van der Waals surface area contributed by atoms with Gasteiger partial charge in [0.1, 0.15) is 0 Å². The highest BCUT2D eigenvalue weighted by molar-refractivity contribution is 6.05. The van der Waals surface area contributed by atoms with Crippen LogP contribution in [-0.2, 0) is 4.79 Å². The van der Waals surface area contributed by atoms with E-state index in [2.05, 4.69) is 10.6 Å². The van der Waals surface area contributed by atoms with E-state index in [-0.39, 0.29) is 18.9 Å². The first kappa shape index (κ1) is 14.9. The second-order valence-electron chi connectivity index (χ2n) is 5.63. The van der Waals surface area contributed by atoms with Crippen molar-refractivity contribution >= 4 is 17.6 Å². The first-order valence-corrected chi connectivity index (χ1v) is 7.27. The van der Waals surface area contributed by atoms with Gasteiger partial charge < -0.3 is 5.32 Å². The second-order valence-corrected chi connectivity index (χ2v) is 5.63. The molecule has 7 heteroatoms. The fourth-order valence-corrected chi connectivity index (χ4v) is 2.94. The van der Waals surface area contributed by atoms with Crippen molar-refractivity contribution < 1.29 is 18.4 Å². The number of nitrogens with one attached hydrogen (secondary N) is 2. The van der Waals surface area contributed by atoms with Gasteiger partial charge in [0.25, 0.3) is 5.92 Å². The minimum absolute atomic E-state index is 0.236. The Morgan fingerprint density at radius 3 is 2.55 bits per heavy atom. The smallest absolute Gasteiger partial charge is 0.311 e. The van der Waals surface area contributed by atoms with E-state index in [1.807, 2.05) is 0 Å². The number of halogens is 2. The highest BCUT2D eigenvalue weighted by Crippen LogP contribution is 2.38. The number of anilines is 1. The predicted molar refractivity (Wildman–Crippen MR) is 77.1 cm³/mol. The molecule has 118 valence electrons. The Kier molecular flexibility index (Phi) is 3.82. The summed E-state index contributed by atoms with van der Waals surface area (Å²) in [6.07, 6.45) is 0.616. The van der Waals surface area contributed by atoms with Gasteiger partial charge in [0, 0.05) is 18.7 Å². The molecule has 1 atom stereocenters. The standard InChI is InChI=1S/C15H17F2N3O2/c16-15(17)9-18-7-5-12(15)10-1-3-11(4-2-10)20-8-6-13(21)19-14(20)22/h1-4,12,18H,5-9H2,(H,19,21,22). The Hall–Kier alpha value is -2.02. The lowest BCUT2D eigenvalue weighted by Crippen LogP contribution is -2.49. The third-order valence-corrected chi connectivity index (χ3v) is 4.14. The number of imide groups is 1. The van der Waals surface area contributed by atoms with Gasteiger partial charge in [-0.1, -0.05) is 12.1 Å². The number of alkyl halides is 2. The van der Waals surface area contributed by atoms with Gasteiger partial charge in [0.15, 0.2) is 0 Å². The van der Waals surface area contributed by atoms with Crippen molar-refractivity contribution in [2.24, 2.45) is 0 Å². The number of amides is 3. The molecule has 2 saturated heterocycles. The van der Waals surface area contributed by atoms with Crippen LogP contribution in [-0.4, -0.2) is 37.5 Å². The Labute approximate surface area is 126 Å². The Morgan fingerprint density at radius 2 is 1.91 bits per heavy atom. The largest absolute Gasteiger partial charge is 0.328 e. The third kappa shape index (κ3) is 2.81. The van der Waals surface area contributed by atoms with Crippen molar-refractivity contribution in [2.75, 3.05) is 24.5 Å². The molecule has 2 fully saturated rings. The van der Waals surface area contributed by atoms with Crippen LogP contribution in [0.4, 0.5) is 19.3 Å². The lowest BCUT2D eigenvalue weighted by atomic mass is 9.87. The van der Waals surface area contributed by atoms with Crippen molar-refractivity contribution in [1.82, 2.24) is 10.6 Å². The molecule has 5 nitrogen and oxygen atoms in total. The quantitative estimate of drug-likeness (QED) is 0.876. The van der Waals surface area contributed by atoms with Gasteiger partial charge >= 0.3 is 6.03 Å². The maximum atomic E-state index is 13.9. The van der Waals surface area contributed by atoms with E-state index in [4.69, 9.17) is 0 Å². The molecule has 1 aromatic carbocycles. The molecule has 1 unspecified atom stereocenters. The summed E-state index contributed by atoms with van der Waals surface area (Å²) in [5.74, 6) is -3.87. The lowest BCUT2D eigenvalue weighted by molar-refractivity contribution is -0.120. The SMILES string of the molecule is O=C1CCN(c2ccc(C3CCNCC3(F)F)cc2)C(=O)N1. The Balaban J connectivity index is 1.78. The molecule has 2 heterocycles. The maximum Gasteiger partial charge on any atom is 0.328 e. The van der Waals surface area contributed by atoms with Crippen LogP contribution in [0.1, 0.15) is 24.3 Å². The molecule has 0 aliphatic carbocycles. The van der Waals surface area contributed by atoms with Crippen LogP contribution in [0.5, 0.6) is 0 Å². The van der Waals surface area contributed by atoms with Crippen molar-refractivity contribution in [3.8, 4) is 0 Å². The number of carbonyl (C=O) groups is 2. The first-order valence-electron chi connectivity index (χ1n) is 7.27. The number of hydrogen-bond donors (Lipinski definition) is 2. The summed E-state index contributed by atoms with van der Waals surface area (Å²) in [7, 11) is 0. The zero-order valence-corrected chi connectivity index (χ0v) is 11.9. The summed E-state index contributed by atoms with van der Waals surface area (Å²) in [6, 6.07) is 6.12. The molecule has 0 aromatic heterocycles. The molecule has 22 heavy (non-hydrogen) atoms. The number of nitrogens with zero attached hydrogens (tertiary/aromatic N) is 1. The summed E-state index contributed by atoms with van der Waals surface area (Å²) < 4.78 is 27.9. The zero-order valence-electron chi connectivity index (χ0n) is 11.9. The van der Waals surface area contributed by atoms with Gasteiger partial charge in [0.2, 0.25) is 5.91 Å². The van der Waals surface area contributed by atoms with E-state index in [0.717, 1.165) is 0 Å². The van der Waals surface area contributed by atoms with Crippen LogP contribution in [0.25, 0.3) is 0 Å². The Morgan fingerprint density at radius 1 is 1.18 bits per heavy atom. The number of piperidine rings is 1. The average molecular weight is 309 g/mol. The predicted octanol–water partition coefficient (Wildman–Crippen LogP) is 1.85. The number of benzene rings is 1. The molecule has 2 aliphatic heterocycles. The molecule has 0 radical (unpaired) electrons. The minimum atomic E-state index is -2.77. The van der Waals surface area contributed by atoms with Crippen LogP contribution < -0.4 is 15.5 Å². The van der Waals surface area contributed by atoms with E-state index in [1.54, 1.807) is 24.3 Å². The molecular formula is C15H17F2N3O2. The van der Waals surface area contributed by atoms with Gasteiger partial charge in [-0.15, -0.1) is 0 Å². The van der Waals surface area contributed by atoms with E-state index >= 15 is 0 Å². The highest BCUT2D eigenvalue weighted by Gasteiger charge is 2.42. The fourth-order valence-electron chi connectivity index (χ4n) is 2.94. The van der Waals surface area contributed by atoms with Crippen LogP contribution >= 0.6 is 0 Å². The number of urea groups is 1. The van der Waals surface area contributed by atoms with Crippen molar-refractivity contribution in [3.63, 3.8) is 0 Å². The summed E-state index contributed by atoms with van der Waals surface area (Å²) in [4.78, 5) is 24.3. The van der Waals surface area contributed by atoms with Gasteiger partial charge in [-0.25, -0.2) is 13.6 Å². The van der Waals surface area contributed by atoms with Crippen LogP contribution in [0.15, 0.2) is 24.3 Å². The zero-order chi connectivity index (χ0) is 15.7. The molecular weight excluding hydrogens is 292 g/mol. The highest BCUT2D eigenvalue weighted by atomic mass is 19.3.